The summed E-state index contributed by atoms with van der Waals surface area (Å²) < 4.78 is 15.2. The zero-order valence-corrected chi connectivity index (χ0v) is 14.1. The molecule has 7 nitrogen and oxygen atoms in total. The van der Waals surface area contributed by atoms with Crippen LogP contribution in [0, 0.1) is 5.82 Å². The number of carbonyl (C=O) groups excluding carboxylic acids is 3. The van der Waals surface area contributed by atoms with E-state index in [0.717, 1.165) is 19.5 Å². The molecule has 0 spiro atoms. The summed E-state index contributed by atoms with van der Waals surface area (Å²) >= 11 is 0. The van der Waals surface area contributed by atoms with Crippen LogP contribution in [0.25, 0.3) is 0 Å². The minimum absolute atomic E-state index is 0.0697. The first-order valence-corrected chi connectivity index (χ1v) is 8.99. The Hall–Kier alpha value is -2.48. The van der Waals surface area contributed by atoms with E-state index in [2.05, 4.69) is 15.5 Å². The van der Waals surface area contributed by atoms with E-state index in [1.807, 2.05) is 0 Å². The van der Waals surface area contributed by atoms with Crippen molar-refractivity contribution in [1.29, 1.82) is 0 Å². The van der Waals surface area contributed by atoms with Crippen LogP contribution in [0.4, 0.5) is 10.1 Å². The van der Waals surface area contributed by atoms with Gasteiger partial charge in [-0.1, -0.05) is 0 Å². The molecule has 8 heteroatoms. The van der Waals surface area contributed by atoms with Crippen molar-refractivity contribution in [2.45, 2.75) is 43.9 Å². The van der Waals surface area contributed by atoms with Gasteiger partial charge in [0, 0.05) is 42.7 Å². The highest BCUT2D eigenvalue weighted by Gasteiger charge is 2.43. The Morgan fingerprint density at radius 2 is 2.00 bits per heavy atom. The molecule has 0 radical (unpaired) electrons. The van der Waals surface area contributed by atoms with Gasteiger partial charge in [0.25, 0.3) is 5.91 Å². The molecule has 0 aromatic heterocycles. The SMILES string of the molecule is O=C1CCC(N2Cc3c(ccc(N4CC5CC4CN5)c3F)C2=O)C(=O)N1. The van der Waals surface area contributed by atoms with Crippen LogP contribution in [0.3, 0.4) is 0 Å². The van der Waals surface area contributed by atoms with Gasteiger partial charge >= 0.3 is 0 Å². The van der Waals surface area contributed by atoms with E-state index in [1.165, 1.54) is 4.90 Å². The smallest absolute Gasteiger partial charge is 0.255 e. The molecule has 1 aromatic carbocycles. The second kappa shape index (κ2) is 5.51. The quantitative estimate of drug-likeness (QED) is 0.735. The van der Waals surface area contributed by atoms with E-state index in [-0.39, 0.29) is 43.1 Å². The number of anilines is 1. The Kier molecular flexibility index (Phi) is 3.34. The predicted molar refractivity (Wildman–Crippen MR) is 90.0 cm³/mol. The molecule has 4 aliphatic heterocycles. The average molecular weight is 358 g/mol. The fourth-order valence-corrected chi connectivity index (χ4v) is 4.67. The number of benzene rings is 1. The summed E-state index contributed by atoms with van der Waals surface area (Å²) in [6.45, 7) is 1.69. The summed E-state index contributed by atoms with van der Waals surface area (Å²) in [7, 11) is 0. The summed E-state index contributed by atoms with van der Waals surface area (Å²) in [4.78, 5) is 39.6. The van der Waals surface area contributed by atoms with Gasteiger partial charge in [-0.3, -0.25) is 19.7 Å². The van der Waals surface area contributed by atoms with Crippen LogP contribution in [0.1, 0.15) is 35.2 Å². The number of fused-ring (bicyclic) bond motifs is 3. The molecule has 26 heavy (non-hydrogen) atoms. The lowest BCUT2D eigenvalue weighted by Crippen LogP contribution is -2.52. The molecule has 136 valence electrons. The number of hydrogen-bond donors (Lipinski definition) is 2. The number of carbonyl (C=O) groups is 3. The monoisotopic (exact) mass is 358 g/mol. The highest BCUT2D eigenvalue weighted by Crippen LogP contribution is 2.37. The standard InChI is InChI=1S/C18H19FN4O3/c19-16-12-8-23(14-3-4-15(24)21-17(14)25)18(26)11(12)1-2-13(16)22-7-9-5-10(22)6-20-9/h1-2,9-10,14,20H,3-8H2,(H,21,24,25). The number of halogens is 1. The number of amides is 3. The van der Waals surface area contributed by atoms with E-state index >= 15 is 4.39 Å². The van der Waals surface area contributed by atoms with Crippen LogP contribution in [0.5, 0.6) is 0 Å². The molecule has 3 unspecified atom stereocenters. The van der Waals surface area contributed by atoms with Crippen LogP contribution < -0.4 is 15.5 Å². The molecule has 4 heterocycles. The molecule has 3 amide bonds. The Morgan fingerprint density at radius 1 is 1.15 bits per heavy atom. The molecule has 2 N–H and O–H groups in total. The molecule has 0 aliphatic carbocycles. The summed E-state index contributed by atoms with van der Waals surface area (Å²) in [6, 6.07) is 3.31. The second-order valence-electron chi connectivity index (χ2n) is 7.47. The Labute approximate surface area is 149 Å². The first-order chi connectivity index (χ1) is 12.5. The van der Waals surface area contributed by atoms with Gasteiger partial charge in [-0.15, -0.1) is 0 Å². The van der Waals surface area contributed by atoms with E-state index in [1.54, 1.807) is 12.1 Å². The van der Waals surface area contributed by atoms with Gasteiger partial charge in [-0.2, -0.15) is 0 Å². The topological polar surface area (TPSA) is 81.8 Å². The minimum atomic E-state index is -0.720. The van der Waals surface area contributed by atoms with Crippen LogP contribution >= 0.6 is 0 Å². The number of rotatable bonds is 2. The van der Waals surface area contributed by atoms with E-state index in [0.29, 0.717) is 22.9 Å². The van der Waals surface area contributed by atoms with Crippen LogP contribution in [0.15, 0.2) is 12.1 Å². The Bertz CT molecular complexity index is 842. The third-order valence-electron chi connectivity index (χ3n) is 5.99. The lowest BCUT2D eigenvalue weighted by molar-refractivity contribution is -0.136. The summed E-state index contributed by atoms with van der Waals surface area (Å²) in [5.74, 6) is -1.52. The Balaban J connectivity index is 1.44. The third kappa shape index (κ3) is 2.18. The lowest BCUT2D eigenvalue weighted by Gasteiger charge is -2.30. The Morgan fingerprint density at radius 3 is 2.69 bits per heavy atom. The molecule has 5 rings (SSSR count). The number of piperazine rings is 1. The normalized spacial score (nSPS) is 30.2. The van der Waals surface area contributed by atoms with Gasteiger partial charge in [0.15, 0.2) is 5.82 Å². The van der Waals surface area contributed by atoms with Crippen molar-refractivity contribution in [1.82, 2.24) is 15.5 Å². The van der Waals surface area contributed by atoms with Crippen molar-refractivity contribution in [2.24, 2.45) is 0 Å². The highest BCUT2D eigenvalue weighted by molar-refractivity contribution is 6.05. The summed E-state index contributed by atoms with van der Waals surface area (Å²) in [5, 5.41) is 5.66. The zero-order valence-electron chi connectivity index (χ0n) is 14.1. The second-order valence-corrected chi connectivity index (χ2v) is 7.47. The first-order valence-electron chi connectivity index (χ1n) is 8.99. The molecule has 1 aromatic rings. The van der Waals surface area contributed by atoms with Gasteiger partial charge in [0.05, 0.1) is 12.2 Å². The number of imide groups is 1. The van der Waals surface area contributed by atoms with E-state index < -0.39 is 11.9 Å². The number of hydrogen-bond acceptors (Lipinski definition) is 5. The highest BCUT2D eigenvalue weighted by atomic mass is 19.1. The van der Waals surface area contributed by atoms with E-state index in [4.69, 9.17) is 0 Å². The summed E-state index contributed by atoms with van der Waals surface area (Å²) in [5.41, 5.74) is 1.21. The molecule has 3 atom stereocenters. The average Bonchev–Trinajstić information content (AvgIpc) is 3.31. The number of nitrogens with zero attached hydrogens (tertiary/aromatic N) is 2. The van der Waals surface area contributed by atoms with Gasteiger partial charge in [-0.05, 0) is 25.0 Å². The van der Waals surface area contributed by atoms with Crippen molar-refractivity contribution in [3.63, 3.8) is 0 Å². The molecular weight excluding hydrogens is 339 g/mol. The maximum atomic E-state index is 15.2. The predicted octanol–water partition coefficient (Wildman–Crippen LogP) is 0.137. The maximum Gasteiger partial charge on any atom is 0.255 e. The minimum Gasteiger partial charge on any atom is -0.363 e. The van der Waals surface area contributed by atoms with E-state index in [9.17, 15) is 14.4 Å². The third-order valence-corrected chi connectivity index (χ3v) is 5.99. The molecular formula is C18H19FN4O3. The van der Waals surface area contributed by atoms with Crippen molar-refractivity contribution >= 4 is 23.4 Å². The largest absolute Gasteiger partial charge is 0.363 e. The van der Waals surface area contributed by atoms with Gasteiger partial charge in [0.2, 0.25) is 11.8 Å². The number of nitrogens with one attached hydrogen (secondary N) is 2. The molecule has 3 fully saturated rings. The fraction of sp³-hybridized carbons (Fsp3) is 0.500. The van der Waals surface area contributed by atoms with Gasteiger partial charge < -0.3 is 15.1 Å². The number of piperidine rings is 1. The molecule has 0 saturated carbocycles. The van der Waals surface area contributed by atoms with Crippen LogP contribution in [-0.2, 0) is 16.1 Å². The summed E-state index contributed by atoms with van der Waals surface area (Å²) in [6.07, 6.45) is 1.48. The molecule has 3 saturated heterocycles. The van der Waals surface area contributed by atoms with Crippen molar-refractivity contribution in [2.75, 3.05) is 18.0 Å². The maximum absolute atomic E-state index is 15.2. The van der Waals surface area contributed by atoms with Crippen molar-refractivity contribution in [3.05, 3.63) is 29.1 Å². The fourth-order valence-electron chi connectivity index (χ4n) is 4.67. The lowest BCUT2D eigenvalue weighted by atomic mass is 10.0. The molecule has 2 bridgehead atoms. The van der Waals surface area contributed by atoms with Crippen LogP contribution in [0.2, 0.25) is 0 Å². The van der Waals surface area contributed by atoms with Gasteiger partial charge in [0.1, 0.15) is 6.04 Å². The van der Waals surface area contributed by atoms with Gasteiger partial charge in [-0.25, -0.2) is 4.39 Å². The zero-order chi connectivity index (χ0) is 18.0. The van der Waals surface area contributed by atoms with Crippen molar-refractivity contribution < 1.29 is 18.8 Å². The van der Waals surface area contributed by atoms with Crippen LogP contribution in [-0.4, -0.2) is 53.8 Å². The van der Waals surface area contributed by atoms with Crippen molar-refractivity contribution in [3.8, 4) is 0 Å². The molecule has 4 aliphatic rings. The first kappa shape index (κ1) is 15.7.